The molecule has 6 heteroatoms. The molecule has 0 aliphatic carbocycles. The highest BCUT2D eigenvalue weighted by Crippen LogP contribution is 2.28. The van der Waals surface area contributed by atoms with E-state index < -0.39 is 9.84 Å². The number of sulfone groups is 1. The van der Waals surface area contributed by atoms with Gasteiger partial charge in [0.25, 0.3) is 0 Å². The largest absolute Gasteiger partial charge is 0.508 e. The van der Waals surface area contributed by atoms with Gasteiger partial charge in [-0.15, -0.1) is 0 Å². The van der Waals surface area contributed by atoms with Crippen LogP contribution in [0.15, 0.2) is 18.2 Å². The molecule has 1 unspecified atom stereocenters. The Balaban J connectivity index is 2.01. The zero-order valence-corrected chi connectivity index (χ0v) is 11.7. The van der Waals surface area contributed by atoms with Crippen molar-refractivity contribution in [2.24, 2.45) is 0 Å². The van der Waals surface area contributed by atoms with E-state index in [1.54, 1.807) is 0 Å². The monoisotopic (exact) mass is 285 g/mol. The lowest BCUT2D eigenvalue weighted by Crippen LogP contribution is -2.38. The third kappa shape index (κ3) is 3.61. The van der Waals surface area contributed by atoms with E-state index in [0.717, 1.165) is 0 Å². The summed E-state index contributed by atoms with van der Waals surface area (Å²) in [7, 11) is -2.86. The molecule has 1 aliphatic heterocycles. The zero-order chi connectivity index (χ0) is 14.0. The summed E-state index contributed by atoms with van der Waals surface area (Å²) in [6.45, 7) is 1.89. The summed E-state index contributed by atoms with van der Waals surface area (Å²) < 4.78 is 22.7. The van der Waals surface area contributed by atoms with Crippen LogP contribution in [0.3, 0.4) is 0 Å². The molecule has 19 heavy (non-hydrogen) atoms. The summed E-state index contributed by atoms with van der Waals surface area (Å²) in [6.07, 6.45) is 1.18. The minimum Gasteiger partial charge on any atom is -0.508 e. The van der Waals surface area contributed by atoms with Crippen molar-refractivity contribution in [2.45, 2.75) is 31.8 Å². The maximum absolute atomic E-state index is 11.3. The average Bonchev–Trinajstić information content (AvgIpc) is 2.35. The molecule has 1 aliphatic rings. The van der Waals surface area contributed by atoms with Gasteiger partial charge in [-0.2, -0.15) is 0 Å². The average molecular weight is 285 g/mol. The van der Waals surface area contributed by atoms with E-state index >= 15 is 0 Å². The number of hydrogen-bond acceptors (Lipinski definition) is 5. The van der Waals surface area contributed by atoms with E-state index in [1.165, 1.54) is 18.2 Å². The van der Waals surface area contributed by atoms with Gasteiger partial charge in [-0.25, -0.2) is 8.42 Å². The number of phenolic OH excluding ortho intramolecular Hbond substituents is 2. The van der Waals surface area contributed by atoms with Gasteiger partial charge in [-0.3, -0.25) is 0 Å². The molecule has 0 spiro atoms. The Kier molecular flexibility index (Phi) is 4.01. The summed E-state index contributed by atoms with van der Waals surface area (Å²) in [5.74, 6) is 0.654. The highest BCUT2D eigenvalue weighted by atomic mass is 32.2. The standard InChI is InChI=1S/C13H19NO4S/c1-9(12-8-11(15)2-3-13(12)16)14-10-4-6-19(17,18)7-5-10/h2-3,8-10,14-16H,4-7H2,1H3. The van der Waals surface area contributed by atoms with Gasteiger partial charge in [0.15, 0.2) is 0 Å². The topological polar surface area (TPSA) is 86.6 Å². The molecule has 0 amide bonds. The molecule has 3 N–H and O–H groups in total. The lowest BCUT2D eigenvalue weighted by Gasteiger charge is -2.27. The minimum absolute atomic E-state index is 0.104. The molecule has 1 aromatic rings. The minimum atomic E-state index is -2.86. The van der Waals surface area contributed by atoms with E-state index in [0.29, 0.717) is 18.4 Å². The number of phenols is 2. The first-order valence-electron chi connectivity index (χ1n) is 6.36. The lowest BCUT2D eigenvalue weighted by atomic mass is 10.0. The van der Waals surface area contributed by atoms with Gasteiger partial charge >= 0.3 is 0 Å². The number of nitrogens with one attached hydrogen (secondary N) is 1. The molecular formula is C13H19NO4S. The smallest absolute Gasteiger partial charge is 0.150 e. The molecule has 1 heterocycles. The van der Waals surface area contributed by atoms with Crippen LogP contribution in [-0.4, -0.2) is 36.2 Å². The van der Waals surface area contributed by atoms with Crippen molar-refractivity contribution in [1.82, 2.24) is 5.32 Å². The Labute approximate surface area is 113 Å². The Hall–Kier alpha value is -1.27. The maximum atomic E-state index is 11.3. The zero-order valence-electron chi connectivity index (χ0n) is 10.8. The summed E-state index contributed by atoms with van der Waals surface area (Å²) >= 11 is 0. The molecule has 0 saturated carbocycles. The van der Waals surface area contributed by atoms with Crippen molar-refractivity contribution in [2.75, 3.05) is 11.5 Å². The predicted octanol–water partition coefficient (Wildman–Crippen LogP) is 1.33. The molecule has 2 rings (SSSR count). The van der Waals surface area contributed by atoms with Gasteiger partial charge < -0.3 is 15.5 Å². The lowest BCUT2D eigenvalue weighted by molar-refractivity contribution is 0.400. The van der Waals surface area contributed by atoms with Gasteiger partial charge in [0.2, 0.25) is 0 Å². The quantitative estimate of drug-likeness (QED) is 0.729. The molecule has 1 aromatic carbocycles. The normalized spacial score (nSPS) is 21.1. The Morgan fingerprint density at radius 2 is 1.89 bits per heavy atom. The van der Waals surface area contributed by atoms with Crippen LogP contribution in [0.25, 0.3) is 0 Å². The summed E-state index contributed by atoms with van der Waals surface area (Å²) in [5.41, 5.74) is 0.619. The van der Waals surface area contributed by atoms with E-state index in [9.17, 15) is 18.6 Å². The fourth-order valence-electron chi connectivity index (χ4n) is 2.39. The van der Waals surface area contributed by atoms with Crippen LogP contribution in [0, 0.1) is 0 Å². The van der Waals surface area contributed by atoms with Gasteiger partial charge in [-0.1, -0.05) is 0 Å². The van der Waals surface area contributed by atoms with Gasteiger partial charge in [0, 0.05) is 17.6 Å². The first-order chi connectivity index (χ1) is 8.87. The van der Waals surface area contributed by atoms with Crippen LogP contribution in [0.4, 0.5) is 0 Å². The second-order valence-electron chi connectivity index (χ2n) is 5.06. The highest BCUT2D eigenvalue weighted by molar-refractivity contribution is 7.91. The number of aromatic hydroxyl groups is 2. The SMILES string of the molecule is CC(NC1CCS(=O)(=O)CC1)c1cc(O)ccc1O. The van der Waals surface area contributed by atoms with Crippen molar-refractivity contribution in [1.29, 1.82) is 0 Å². The van der Waals surface area contributed by atoms with Crippen molar-refractivity contribution >= 4 is 9.84 Å². The van der Waals surface area contributed by atoms with Gasteiger partial charge in [-0.05, 0) is 38.0 Å². The number of benzene rings is 1. The molecule has 0 aromatic heterocycles. The first-order valence-corrected chi connectivity index (χ1v) is 8.18. The Morgan fingerprint density at radius 3 is 2.53 bits per heavy atom. The van der Waals surface area contributed by atoms with E-state index in [2.05, 4.69) is 5.32 Å². The maximum Gasteiger partial charge on any atom is 0.150 e. The molecule has 1 fully saturated rings. The van der Waals surface area contributed by atoms with Crippen molar-refractivity contribution < 1.29 is 18.6 Å². The van der Waals surface area contributed by atoms with Crippen LogP contribution in [0.2, 0.25) is 0 Å². The third-order valence-electron chi connectivity index (χ3n) is 3.52. The van der Waals surface area contributed by atoms with Crippen LogP contribution in [0.5, 0.6) is 11.5 Å². The van der Waals surface area contributed by atoms with E-state index in [4.69, 9.17) is 0 Å². The Morgan fingerprint density at radius 1 is 1.26 bits per heavy atom. The van der Waals surface area contributed by atoms with E-state index in [1.807, 2.05) is 6.92 Å². The Bertz CT molecular complexity index is 542. The molecular weight excluding hydrogens is 266 g/mol. The van der Waals surface area contributed by atoms with Crippen molar-refractivity contribution in [3.05, 3.63) is 23.8 Å². The number of rotatable bonds is 3. The second-order valence-corrected chi connectivity index (χ2v) is 7.36. The van der Waals surface area contributed by atoms with E-state index in [-0.39, 0.29) is 35.1 Å². The molecule has 0 bridgehead atoms. The van der Waals surface area contributed by atoms with Crippen LogP contribution in [0.1, 0.15) is 31.4 Å². The third-order valence-corrected chi connectivity index (χ3v) is 5.23. The fraction of sp³-hybridized carbons (Fsp3) is 0.538. The van der Waals surface area contributed by atoms with Gasteiger partial charge in [0.1, 0.15) is 21.3 Å². The van der Waals surface area contributed by atoms with Crippen LogP contribution >= 0.6 is 0 Å². The number of hydrogen-bond donors (Lipinski definition) is 3. The summed E-state index contributed by atoms with van der Waals surface area (Å²) in [5, 5.41) is 22.5. The first kappa shape index (κ1) is 14.1. The molecule has 1 saturated heterocycles. The van der Waals surface area contributed by atoms with Crippen LogP contribution in [-0.2, 0) is 9.84 Å². The highest BCUT2D eigenvalue weighted by Gasteiger charge is 2.25. The molecule has 5 nitrogen and oxygen atoms in total. The van der Waals surface area contributed by atoms with Crippen molar-refractivity contribution in [3.63, 3.8) is 0 Å². The molecule has 106 valence electrons. The summed E-state index contributed by atoms with van der Waals surface area (Å²) in [6, 6.07) is 4.39. The molecule has 1 atom stereocenters. The second kappa shape index (κ2) is 5.38. The predicted molar refractivity (Wildman–Crippen MR) is 73.0 cm³/mol. The molecule has 0 radical (unpaired) electrons. The van der Waals surface area contributed by atoms with Gasteiger partial charge in [0.05, 0.1) is 11.5 Å². The van der Waals surface area contributed by atoms with Crippen molar-refractivity contribution in [3.8, 4) is 11.5 Å². The summed E-state index contributed by atoms with van der Waals surface area (Å²) in [4.78, 5) is 0. The fourth-order valence-corrected chi connectivity index (χ4v) is 3.88. The van der Waals surface area contributed by atoms with Crippen LogP contribution < -0.4 is 5.32 Å².